The molecule has 5 aliphatic rings. The minimum atomic E-state index is -0.111. The Morgan fingerprint density at radius 2 is 1.70 bits per heavy atom. The summed E-state index contributed by atoms with van der Waals surface area (Å²) in [6.45, 7) is 6.19. The minimum absolute atomic E-state index is 0.0977. The highest BCUT2D eigenvalue weighted by atomic mass is 16.6. The molecule has 2 amide bonds. The molecule has 2 bridgehead atoms. The lowest BCUT2D eigenvalue weighted by Crippen LogP contribution is -2.57. The quantitative estimate of drug-likeness (QED) is 0.699. The van der Waals surface area contributed by atoms with Gasteiger partial charge in [-0.3, -0.25) is 4.79 Å². The highest BCUT2D eigenvalue weighted by Gasteiger charge is 2.49. The number of fused-ring (bicyclic) bond motifs is 4. The van der Waals surface area contributed by atoms with Crippen molar-refractivity contribution in [3.05, 3.63) is 35.4 Å². The number of nitrogens with zero attached hydrogens (tertiary/aromatic N) is 3. The van der Waals surface area contributed by atoms with E-state index in [1.54, 1.807) is 0 Å². The van der Waals surface area contributed by atoms with E-state index >= 15 is 0 Å². The first-order valence-corrected chi connectivity index (χ1v) is 13.1. The summed E-state index contributed by atoms with van der Waals surface area (Å²) < 4.78 is 5.34. The van der Waals surface area contributed by atoms with Crippen LogP contribution in [0.4, 0.5) is 4.79 Å². The van der Waals surface area contributed by atoms with E-state index in [1.165, 1.54) is 11.1 Å². The predicted octanol–water partition coefficient (Wildman–Crippen LogP) is 3.92. The van der Waals surface area contributed by atoms with E-state index in [9.17, 15) is 9.59 Å². The second kappa shape index (κ2) is 8.30. The smallest absolute Gasteiger partial charge is 0.410 e. The van der Waals surface area contributed by atoms with Gasteiger partial charge in [0.05, 0.1) is 6.61 Å². The number of carbonyl (C=O) groups excluding carboxylic acids is 2. The molecule has 1 spiro atoms. The number of carbonyl (C=O) groups is 2. The van der Waals surface area contributed by atoms with Crippen LogP contribution in [-0.2, 0) is 21.5 Å². The number of hydrogen-bond acceptors (Lipinski definition) is 4. The molecule has 1 aliphatic carbocycles. The van der Waals surface area contributed by atoms with E-state index in [-0.39, 0.29) is 17.4 Å². The normalized spacial score (nSPS) is 30.9. The Balaban J connectivity index is 1.16. The van der Waals surface area contributed by atoms with Gasteiger partial charge >= 0.3 is 6.09 Å². The van der Waals surface area contributed by atoms with Crippen LogP contribution in [0.5, 0.6) is 0 Å². The van der Waals surface area contributed by atoms with Gasteiger partial charge in [-0.1, -0.05) is 24.3 Å². The van der Waals surface area contributed by atoms with E-state index in [0.717, 1.165) is 77.5 Å². The van der Waals surface area contributed by atoms with Crippen molar-refractivity contribution in [1.82, 2.24) is 14.7 Å². The van der Waals surface area contributed by atoms with Crippen LogP contribution in [0.3, 0.4) is 0 Å². The Bertz CT molecular complexity index is 907. The van der Waals surface area contributed by atoms with Gasteiger partial charge in [0.25, 0.3) is 0 Å². The van der Waals surface area contributed by atoms with Gasteiger partial charge in [0.1, 0.15) is 0 Å². The molecule has 1 aromatic carbocycles. The molecule has 4 aliphatic heterocycles. The molecule has 3 saturated heterocycles. The first-order valence-electron chi connectivity index (χ1n) is 13.1. The second-order valence-electron chi connectivity index (χ2n) is 11.1. The summed E-state index contributed by atoms with van der Waals surface area (Å²) >= 11 is 0. The van der Waals surface area contributed by atoms with Crippen LogP contribution in [0.2, 0.25) is 0 Å². The summed E-state index contributed by atoms with van der Waals surface area (Å²) in [6.07, 6.45) is 8.65. The molecule has 33 heavy (non-hydrogen) atoms. The number of benzene rings is 1. The van der Waals surface area contributed by atoms with Crippen LogP contribution < -0.4 is 0 Å². The third-order valence-corrected chi connectivity index (χ3v) is 9.14. The number of ether oxygens (including phenoxy) is 1. The topological polar surface area (TPSA) is 53.1 Å². The van der Waals surface area contributed by atoms with Crippen molar-refractivity contribution >= 4 is 12.0 Å². The van der Waals surface area contributed by atoms with Crippen molar-refractivity contribution in [2.24, 2.45) is 5.92 Å². The van der Waals surface area contributed by atoms with Crippen LogP contribution >= 0.6 is 0 Å². The number of piperidine rings is 2. The second-order valence-corrected chi connectivity index (χ2v) is 11.1. The third-order valence-electron chi connectivity index (χ3n) is 9.14. The maximum Gasteiger partial charge on any atom is 0.410 e. The van der Waals surface area contributed by atoms with Gasteiger partial charge in [0.2, 0.25) is 5.91 Å². The van der Waals surface area contributed by atoms with Gasteiger partial charge in [0.15, 0.2) is 0 Å². The van der Waals surface area contributed by atoms with Crippen LogP contribution in [0.1, 0.15) is 69.4 Å². The summed E-state index contributed by atoms with van der Waals surface area (Å²) in [4.78, 5) is 32.4. The predicted molar refractivity (Wildman–Crippen MR) is 126 cm³/mol. The fraction of sp³-hybridized carbons (Fsp3) is 0.704. The maximum atomic E-state index is 13.0. The Hall–Kier alpha value is -2.08. The van der Waals surface area contributed by atoms with Crippen LogP contribution in [0, 0.1) is 5.92 Å². The molecule has 2 unspecified atom stereocenters. The highest BCUT2D eigenvalue weighted by molar-refractivity contribution is 5.81. The Labute approximate surface area is 197 Å². The SMILES string of the molecule is CCOC(=O)N1C2CCC1CC(N1CCC3(CC1)CN(C(=O)C1CC1)Cc1ccccc13)C2. The van der Waals surface area contributed by atoms with Gasteiger partial charge in [-0.15, -0.1) is 0 Å². The van der Waals surface area contributed by atoms with Gasteiger partial charge in [0, 0.05) is 42.5 Å². The molecule has 4 heterocycles. The summed E-state index contributed by atoms with van der Waals surface area (Å²) in [5, 5.41) is 0. The Morgan fingerprint density at radius 3 is 2.36 bits per heavy atom. The molecule has 4 fully saturated rings. The molecular formula is C27H37N3O3. The van der Waals surface area contributed by atoms with Crippen LogP contribution in [0.25, 0.3) is 0 Å². The lowest BCUT2D eigenvalue weighted by Gasteiger charge is -2.51. The Kier molecular flexibility index (Phi) is 5.39. The van der Waals surface area contributed by atoms with E-state index in [4.69, 9.17) is 4.74 Å². The lowest BCUT2D eigenvalue weighted by molar-refractivity contribution is -0.135. The zero-order chi connectivity index (χ0) is 22.6. The third kappa shape index (κ3) is 3.74. The Morgan fingerprint density at radius 1 is 1.00 bits per heavy atom. The standard InChI is InChI=1S/C27H37N3O3/c1-2-33-26(32)30-21-9-10-22(30)16-23(15-21)28-13-11-27(12-14-28)18-29(25(31)19-7-8-19)17-20-5-3-4-6-24(20)27/h3-6,19,21-23H,2,7-18H2,1H3. The van der Waals surface area contributed by atoms with Gasteiger partial charge in [-0.2, -0.15) is 0 Å². The first-order chi connectivity index (χ1) is 16.1. The minimum Gasteiger partial charge on any atom is -0.450 e. The summed E-state index contributed by atoms with van der Waals surface area (Å²) in [7, 11) is 0. The first kappa shape index (κ1) is 21.5. The highest BCUT2D eigenvalue weighted by Crippen LogP contribution is 2.45. The van der Waals surface area contributed by atoms with Crippen molar-refractivity contribution in [3.63, 3.8) is 0 Å². The van der Waals surface area contributed by atoms with Crippen LogP contribution in [-0.4, -0.2) is 71.1 Å². The van der Waals surface area contributed by atoms with E-state index < -0.39 is 0 Å². The maximum absolute atomic E-state index is 13.0. The molecule has 0 N–H and O–H groups in total. The van der Waals surface area contributed by atoms with E-state index in [2.05, 4.69) is 34.1 Å². The molecule has 0 radical (unpaired) electrons. The fourth-order valence-electron chi connectivity index (χ4n) is 7.32. The average molecular weight is 452 g/mol. The molecule has 6 rings (SSSR count). The number of amides is 2. The zero-order valence-electron chi connectivity index (χ0n) is 19.9. The molecular weight excluding hydrogens is 414 g/mol. The van der Waals surface area contributed by atoms with Gasteiger partial charge < -0.3 is 19.4 Å². The molecule has 0 aromatic heterocycles. The van der Waals surface area contributed by atoms with Crippen molar-refractivity contribution in [2.45, 2.75) is 88.4 Å². The lowest BCUT2D eigenvalue weighted by atomic mass is 9.68. The number of likely N-dealkylation sites (tertiary alicyclic amines) is 1. The van der Waals surface area contributed by atoms with Gasteiger partial charge in [-0.25, -0.2) is 4.79 Å². The van der Waals surface area contributed by atoms with E-state index in [0.29, 0.717) is 30.6 Å². The van der Waals surface area contributed by atoms with Crippen LogP contribution in [0.15, 0.2) is 24.3 Å². The monoisotopic (exact) mass is 451 g/mol. The molecule has 6 nitrogen and oxygen atoms in total. The molecule has 178 valence electrons. The van der Waals surface area contributed by atoms with Crippen molar-refractivity contribution < 1.29 is 14.3 Å². The molecule has 1 saturated carbocycles. The van der Waals surface area contributed by atoms with Crippen molar-refractivity contribution in [3.8, 4) is 0 Å². The fourth-order valence-corrected chi connectivity index (χ4v) is 7.32. The molecule has 6 heteroatoms. The molecule has 2 atom stereocenters. The number of hydrogen-bond donors (Lipinski definition) is 0. The summed E-state index contributed by atoms with van der Waals surface area (Å²) in [5.41, 5.74) is 2.94. The van der Waals surface area contributed by atoms with E-state index in [1.807, 2.05) is 11.8 Å². The average Bonchev–Trinajstić information content (AvgIpc) is 3.64. The van der Waals surface area contributed by atoms with Gasteiger partial charge in [-0.05, 0) is 82.5 Å². The largest absolute Gasteiger partial charge is 0.450 e. The summed E-state index contributed by atoms with van der Waals surface area (Å²) in [6, 6.07) is 10.1. The number of rotatable bonds is 3. The summed E-state index contributed by atoms with van der Waals surface area (Å²) in [5.74, 6) is 0.668. The molecule has 1 aromatic rings. The zero-order valence-corrected chi connectivity index (χ0v) is 19.9. The van der Waals surface area contributed by atoms with Crippen molar-refractivity contribution in [2.75, 3.05) is 26.2 Å². The van der Waals surface area contributed by atoms with Crippen molar-refractivity contribution in [1.29, 1.82) is 0 Å².